The normalized spacial score (nSPS) is 18.2. The number of hydrogen-bond donors (Lipinski definition) is 2. The zero-order chi connectivity index (χ0) is 20.0. The summed E-state index contributed by atoms with van der Waals surface area (Å²) in [5, 5.41) is 6.69. The van der Waals surface area contributed by atoms with E-state index in [1.807, 2.05) is 0 Å². The second-order valence-corrected chi connectivity index (χ2v) is 7.61. The Labute approximate surface area is 170 Å². The highest BCUT2D eigenvalue weighted by molar-refractivity contribution is 5.79. The third-order valence-corrected chi connectivity index (χ3v) is 5.04. The number of methoxy groups -OCH3 is 1. The fraction of sp³-hybridized carbons (Fsp3) is 0.682. The number of nitrogens with one attached hydrogen (secondary N) is 2. The molecule has 0 bridgehead atoms. The van der Waals surface area contributed by atoms with E-state index in [9.17, 15) is 0 Å². The first-order valence-electron chi connectivity index (χ1n) is 10.5. The molecule has 1 saturated heterocycles. The van der Waals surface area contributed by atoms with Crippen molar-refractivity contribution in [3.8, 4) is 0 Å². The van der Waals surface area contributed by atoms with E-state index in [1.165, 1.54) is 37.1 Å². The second-order valence-electron chi connectivity index (χ2n) is 7.61. The zero-order valence-corrected chi connectivity index (χ0v) is 17.9. The maximum atomic E-state index is 5.46. The van der Waals surface area contributed by atoms with Gasteiger partial charge >= 0.3 is 0 Å². The Kier molecular flexibility index (Phi) is 10.9. The van der Waals surface area contributed by atoms with E-state index in [0.29, 0.717) is 13.2 Å². The lowest BCUT2D eigenvalue weighted by atomic mass is 9.99. The standard InChI is InChI=1S/C22H38N4O2/c1-19-6-4-12-26(17-19)18-21-9-7-20(8-10-21)16-25-22(23-2)24-11-5-13-28-15-14-27-3/h7-10,19H,4-6,11-18H2,1-3H3,(H2,23,24,25). The number of guanidine groups is 1. The molecule has 6 heteroatoms. The maximum Gasteiger partial charge on any atom is 0.191 e. The van der Waals surface area contributed by atoms with Crippen LogP contribution in [0.15, 0.2) is 29.3 Å². The van der Waals surface area contributed by atoms with Gasteiger partial charge in [0.15, 0.2) is 5.96 Å². The summed E-state index contributed by atoms with van der Waals surface area (Å²) < 4.78 is 10.4. The van der Waals surface area contributed by atoms with Crippen LogP contribution in [0.4, 0.5) is 0 Å². The number of rotatable bonds is 11. The Hall–Kier alpha value is -1.63. The van der Waals surface area contributed by atoms with Gasteiger partial charge in [-0.2, -0.15) is 0 Å². The van der Waals surface area contributed by atoms with Gasteiger partial charge in [-0.25, -0.2) is 0 Å². The van der Waals surface area contributed by atoms with Gasteiger partial charge in [-0.3, -0.25) is 9.89 Å². The van der Waals surface area contributed by atoms with Gasteiger partial charge in [-0.15, -0.1) is 0 Å². The minimum absolute atomic E-state index is 0.645. The molecule has 1 heterocycles. The fourth-order valence-corrected chi connectivity index (χ4v) is 3.48. The summed E-state index contributed by atoms with van der Waals surface area (Å²) in [4.78, 5) is 6.85. The quantitative estimate of drug-likeness (QED) is 0.346. The average molecular weight is 391 g/mol. The SMILES string of the molecule is CN=C(NCCCOCCOC)NCc1ccc(CN2CCCC(C)C2)cc1. The van der Waals surface area contributed by atoms with E-state index >= 15 is 0 Å². The number of piperidine rings is 1. The molecule has 0 amide bonds. The Morgan fingerprint density at radius 2 is 1.93 bits per heavy atom. The molecule has 1 aromatic rings. The van der Waals surface area contributed by atoms with Gasteiger partial charge in [-0.1, -0.05) is 31.2 Å². The summed E-state index contributed by atoms with van der Waals surface area (Å²) >= 11 is 0. The summed E-state index contributed by atoms with van der Waals surface area (Å²) in [6.45, 7) is 9.50. The van der Waals surface area contributed by atoms with Crippen LogP contribution >= 0.6 is 0 Å². The van der Waals surface area contributed by atoms with Crippen LogP contribution in [0.5, 0.6) is 0 Å². The van der Waals surface area contributed by atoms with Crippen LogP contribution in [0.2, 0.25) is 0 Å². The molecule has 1 aromatic carbocycles. The van der Waals surface area contributed by atoms with Gasteiger partial charge in [0.1, 0.15) is 0 Å². The van der Waals surface area contributed by atoms with Crippen LogP contribution < -0.4 is 10.6 Å². The highest BCUT2D eigenvalue weighted by Crippen LogP contribution is 2.18. The average Bonchev–Trinajstić information content (AvgIpc) is 2.71. The predicted molar refractivity (Wildman–Crippen MR) is 116 cm³/mol. The molecular weight excluding hydrogens is 352 g/mol. The number of ether oxygens (including phenoxy) is 2. The Bertz CT molecular complexity index is 562. The van der Waals surface area contributed by atoms with Crippen LogP contribution in [0.25, 0.3) is 0 Å². The van der Waals surface area contributed by atoms with Gasteiger partial charge in [0.25, 0.3) is 0 Å². The van der Waals surface area contributed by atoms with Crippen LogP contribution in [0, 0.1) is 5.92 Å². The lowest BCUT2D eigenvalue weighted by molar-refractivity contribution is 0.0698. The Morgan fingerprint density at radius 1 is 1.14 bits per heavy atom. The van der Waals surface area contributed by atoms with Gasteiger partial charge in [-0.05, 0) is 42.9 Å². The largest absolute Gasteiger partial charge is 0.382 e. The molecule has 158 valence electrons. The number of nitrogens with zero attached hydrogens (tertiary/aromatic N) is 2. The summed E-state index contributed by atoms with van der Waals surface area (Å²) in [5.74, 6) is 1.65. The van der Waals surface area contributed by atoms with Crippen molar-refractivity contribution in [3.63, 3.8) is 0 Å². The van der Waals surface area contributed by atoms with Crippen molar-refractivity contribution >= 4 is 5.96 Å². The molecule has 28 heavy (non-hydrogen) atoms. The molecule has 1 aliphatic rings. The van der Waals surface area contributed by atoms with E-state index in [4.69, 9.17) is 9.47 Å². The van der Waals surface area contributed by atoms with Crippen LogP contribution in [-0.4, -0.2) is 64.5 Å². The highest BCUT2D eigenvalue weighted by Gasteiger charge is 2.16. The lowest BCUT2D eigenvalue weighted by Crippen LogP contribution is -2.37. The first kappa shape index (κ1) is 22.7. The molecule has 1 atom stereocenters. The number of likely N-dealkylation sites (tertiary alicyclic amines) is 1. The van der Waals surface area contributed by atoms with Gasteiger partial charge in [0.05, 0.1) is 13.2 Å². The van der Waals surface area contributed by atoms with E-state index < -0.39 is 0 Å². The summed E-state index contributed by atoms with van der Waals surface area (Å²) in [6, 6.07) is 8.94. The molecule has 1 fully saturated rings. The molecule has 6 nitrogen and oxygen atoms in total. The van der Waals surface area contributed by atoms with Gasteiger partial charge in [0, 0.05) is 46.9 Å². The van der Waals surface area contributed by atoms with Crippen LogP contribution in [0.3, 0.4) is 0 Å². The van der Waals surface area contributed by atoms with Crippen molar-refractivity contribution in [2.24, 2.45) is 10.9 Å². The molecule has 0 spiro atoms. The zero-order valence-electron chi connectivity index (χ0n) is 17.9. The molecule has 0 aliphatic carbocycles. The van der Waals surface area contributed by atoms with E-state index in [-0.39, 0.29) is 0 Å². The van der Waals surface area contributed by atoms with Crippen LogP contribution in [0.1, 0.15) is 37.3 Å². The number of aliphatic imine (C=N–C) groups is 1. The predicted octanol–water partition coefficient (Wildman–Crippen LogP) is 2.64. The minimum atomic E-state index is 0.645. The first-order chi connectivity index (χ1) is 13.7. The van der Waals surface area contributed by atoms with E-state index in [0.717, 1.165) is 44.5 Å². The molecule has 0 radical (unpaired) electrons. The van der Waals surface area contributed by atoms with Crippen molar-refractivity contribution in [2.75, 3.05) is 53.6 Å². The number of hydrogen-bond acceptors (Lipinski definition) is 4. The molecular formula is C22H38N4O2. The second kappa shape index (κ2) is 13.5. The molecule has 2 N–H and O–H groups in total. The fourth-order valence-electron chi connectivity index (χ4n) is 3.48. The van der Waals surface area contributed by atoms with Crippen LogP contribution in [-0.2, 0) is 22.6 Å². The molecule has 0 aromatic heterocycles. The monoisotopic (exact) mass is 390 g/mol. The summed E-state index contributed by atoms with van der Waals surface area (Å²) in [5.41, 5.74) is 2.66. The lowest BCUT2D eigenvalue weighted by Gasteiger charge is -2.30. The Morgan fingerprint density at radius 3 is 2.64 bits per heavy atom. The van der Waals surface area contributed by atoms with Crippen molar-refractivity contribution in [1.82, 2.24) is 15.5 Å². The van der Waals surface area contributed by atoms with Crippen molar-refractivity contribution in [1.29, 1.82) is 0 Å². The topological polar surface area (TPSA) is 58.1 Å². The smallest absolute Gasteiger partial charge is 0.191 e. The molecule has 0 saturated carbocycles. The first-order valence-corrected chi connectivity index (χ1v) is 10.5. The summed E-state index contributed by atoms with van der Waals surface area (Å²) in [7, 11) is 3.48. The summed E-state index contributed by atoms with van der Waals surface area (Å²) in [6.07, 6.45) is 3.64. The molecule has 1 unspecified atom stereocenters. The van der Waals surface area contributed by atoms with Crippen molar-refractivity contribution in [2.45, 2.75) is 39.3 Å². The third kappa shape index (κ3) is 9.04. The molecule has 1 aliphatic heterocycles. The Balaban J connectivity index is 1.64. The minimum Gasteiger partial charge on any atom is -0.382 e. The van der Waals surface area contributed by atoms with Gasteiger partial charge < -0.3 is 20.1 Å². The maximum absolute atomic E-state index is 5.46. The van der Waals surface area contributed by atoms with Crippen molar-refractivity contribution < 1.29 is 9.47 Å². The number of benzene rings is 1. The van der Waals surface area contributed by atoms with E-state index in [2.05, 4.69) is 51.7 Å². The third-order valence-electron chi connectivity index (χ3n) is 5.04. The highest BCUT2D eigenvalue weighted by atomic mass is 16.5. The van der Waals surface area contributed by atoms with Crippen molar-refractivity contribution in [3.05, 3.63) is 35.4 Å². The van der Waals surface area contributed by atoms with Gasteiger partial charge in [0.2, 0.25) is 0 Å². The van der Waals surface area contributed by atoms with E-state index in [1.54, 1.807) is 14.2 Å². The molecule has 2 rings (SSSR count).